The summed E-state index contributed by atoms with van der Waals surface area (Å²) in [7, 11) is 6.04. The molecule has 0 aromatic rings. The molecule has 0 aromatic carbocycles. The summed E-state index contributed by atoms with van der Waals surface area (Å²) in [6, 6.07) is 0. The van der Waals surface area contributed by atoms with E-state index in [9.17, 15) is 0 Å². The van der Waals surface area contributed by atoms with E-state index in [4.69, 9.17) is 13.3 Å². The van der Waals surface area contributed by atoms with Crippen molar-refractivity contribution in [3.63, 3.8) is 0 Å². The Morgan fingerprint density at radius 1 is 0.636 bits per heavy atom. The summed E-state index contributed by atoms with van der Waals surface area (Å²) >= 11 is -3.17. The third-order valence-corrected chi connectivity index (χ3v) is 4.12. The summed E-state index contributed by atoms with van der Waals surface area (Å²) in [4.78, 5) is 0. The van der Waals surface area contributed by atoms with Crippen LogP contribution in [0.1, 0.15) is 0 Å². The summed E-state index contributed by atoms with van der Waals surface area (Å²) < 4.78 is 19.6. The second-order valence-corrected chi connectivity index (χ2v) is 5.43. The van der Waals surface area contributed by atoms with Gasteiger partial charge in [-0.1, -0.05) is 0 Å². The molecule has 0 amide bonds. The quantitative estimate of drug-likeness (QED) is 0.461. The van der Waals surface area contributed by atoms with Crippen molar-refractivity contribution in [1.29, 1.82) is 0 Å². The molecular weight excluding hydrogens is 231 g/mol. The molecule has 0 rings (SSSR count). The van der Waals surface area contributed by atoms with E-state index >= 15 is 0 Å². The van der Waals surface area contributed by atoms with E-state index in [0.29, 0.717) is 0 Å². The van der Waals surface area contributed by atoms with Gasteiger partial charge in [0.1, 0.15) is 0 Å². The van der Waals surface area contributed by atoms with Gasteiger partial charge in [-0.25, -0.2) is 0 Å². The summed E-state index contributed by atoms with van der Waals surface area (Å²) in [6.45, 7) is 0. The predicted molar refractivity (Wildman–Crippen MR) is 28.0 cm³/mol. The van der Waals surface area contributed by atoms with E-state index in [1.807, 2.05) is 0 Å². The average Bonchev–Trinajstić information content (AvgIpc) is 1.95. The van der Waals surface area contributed by atoms with Gasteiger partial charge in [-0.05, 0) is 0 Å². The molecule has 4 nitrogen and oxygen atoms in total. The van der Waals surface area contributed by atoms with Crippen molar-refractivity contribution >= 4 is 0 Å². The molecule has 0 spiro atoms. The smallest absolute Gasteiger partial charge is 1.00 e. The maximum atomic E-state index is 4.91. The van der Waals surface area contributed by atoms with E-state index in [0.717, 1.165) is 0 Å². The van der Waals surface area contributed by atoms with Gasteiger partial charge in [0, 0.05) is 0 Å². The molecule has 0 saturated heterocycles. The molecule has 70 valence electrons. The first-order valence-corrected chi connectivity index (χ1v) is 5.00. The number of hydrogen-bond acceptors (Lipinski definition) is 4. The van der Waals surface area contributed by atoms with Crippen molar-refractivity contribution in [2.45, 2.75) is 0 Å². The van der Waals surface area contributed by atoms with Gasteiger partial charge in [-0.15, -0.1) is 0 Å². The topological polar surface area (TPSA) is 36.9 Å². The van der Waals surface area contributed by atoms with E-state index < -0.39 is 18.1 Å². The molecule has 0 heterocycles. The Morgan fingerprint density at radius 3 is 0.818 bits per heavy atom. The van der Waals surface area contributed by atoms with Gasteiger partial charge < -0.3 is 24.8 Å². The van der Waals surface area contributed by atoms with Gasteiger partial charge in [0.15, 0.2) is 0 Å². The minimum Gasteiger partial charge on any atom is -1.00 e. The van der Waals surface area contributed by atoms with Crippen molar-refractivity contribution in [2.24, 2.45) is 0 Å². The third-order valence-electron chi connectivity index (χ3n) is 1.00. The van der Waals surface area contributed by atoms with Crippen LogP contribution in [-0.4, -0.2) is 28.4 Å². The standard InChI is InChI=1S/4CH3O.2ClH.Ti/c4*1-2;;;/h4*1H3;2*1H;/q4*-1;;;+6/p-2. The van der Waals surface area contributed by atoms with Crippen LogP contribution in [0.4, 0.5) is 0 Å². The Hall–Kier alpha value is 1.13. The number of rotatable bonds is 4. The van der Waals surface area contributed by atoms with Crippen molar-refractivity contribution in [1.82, 2.24) is 0 Å². The largest absolute Gasteiger partial charge is 1.00 e. The Balaban J connectivity index is -0.000000320. The first-order chi connectivity index (χ1) is 4.24. The maximum absolute atomic E-state index is 4.91. The molecule has 0 atom stereocenters. The minimum absolute atomic E-state index is 0. The van der Waals surface area contributed by atoms with E-state index in [1.165, 1.54) is 28.4 Å². The van der Waals surface area contributed by atoms with Crippen LogP contribution in [0, 0.1) is 0 Å². The number of hydrogen-bond donors (Lipinski definition) is 0. The van der Waals surface area contributed by atoms with Crippen LogP contribution in [0.5, 0.6) is 0 Å². The molecule has 0 unspecified atom stereocenters. The fraction of sp³-hybridized carbons (Fsp3) is 1.00. The van der Waals surface area contributed by atoms with Crippen molar-refractivity contribution in [3.05, 3.63) is 0 Å². The molecular formula is C4H12Cl2O4Ti. The first-order valence-electron chi connectivity index (χ1n) is 2.45. The molecule has 0 bridgehead atoms. The summed E-state index contributed by atoms with van der Waals surface area (Å²) in [6.07, 6.45) is 0. The van der Waals surface area contributed by atoms with Crippen LogP contribution in [0.2, 0.25) is 0 Å². The summed E-state index contributed by atoms with van der Waals surface area (Å²) in [5.74, 6) is 0. The van der Waals surface area contributed by atoms with Crippen molar-refractivity contribution < 1.29 is 56.2 Å². The average molecular weight is 243 g/mol. The van der Waals surface area contributed by atoms with Crippen molar-refractivity contribution in [2.75, 3.05) is 28.4 Å². The molecule has 0 fully saturated rings. The second kappa shape index (κ2) is 9.22. The monoisotopic (exact) mass is 242 g/mol. The van der Waals surface area contributed by atoms with E-state index in [1.54, 1.807) is 0 Å². The normalized spacial score (nSPS) is 8.36. The molecule has 0 aliphatic rings. The molecule has 0 aliphatic heterocycles. The molecule has 0 N–H and O–H groups in total. The number of halogens is 2. The van der Waals surface area contributed by atoms with Crippen LogP contribution in [0.15, 0.2) is 0 Å². The molecule has 7 heteroatoms. The Bertz CT molecular complexity index is 63.0. The second-order valence-electron chi connectivity index (χ2n) is 1.32. The van der Waals surface area contributed by atoms with Crippen molar-refractivity contribution in [3.8, 4) is 0 Å². The zero-order valence-corrected chi connectivity index (χ0v) is 9.96. The Labute approximate surface area is 84.6 Å². The van der Waals surface area contributed by atoms with Gasteiger partial charge in [-0.2, -0.15) is 0 Å². The molecule has 0 aromatic heterocycles. The molecule has 11 heavy (non-hydrogen) atoms. The van der Waals surface area contributed by atoms with Gasteiger partial charge in [0.25, 0.3) is 0 Å². The van der Waals surface area contributed by atoms with Crippen LogP contribution in [0.3, 0.4) is 0 Å². The predicted octanol–water partition coefficient (Wildman–Crippen LogP) is -5.61. The third kappa shape index (κ3) is 5.39. The summed E-state index contributed by atoms with van der Waals surface area (Å²) in [5.41, 5.74) is 0. The Kier molecular flexibility index (Phi) is 15.1. The zero-order chi connectivity index (χ0) is 7.33. The van der Waals surface area contributed by atoms with E-state index in [-0.39, 0.29) is 24.8 Å². The molecule has 0 saturated carbocycles. The molecule has 0 radical (unpaired) electrons. The van der Waals surface area contributed by atoms with E-state index in [2.05, 4.69) is 0 Å². The fourth-order valence-corrected chi connectivity index (χ4v) is 2.06. The first kappa shape index (κ1) is 18.0. The fourth-order valence-electron chi connectivity index (χ4n) is 0.500. The maximum Gasteiger partial charge on any atom is -1.00 e. The zero-order valence-electron chi connectivity index (χ0n) is 6.89. The van der Waals surface area contributed by atoms with Gasteiger partial charge >= 0.3 is 59.9 Å². The van der Waals surface area contributed by atoms with Gasteiger partial charge in [0.2, 0.25) is 0 Å². The van der Waals surface area contributed by atoms with Crippen LogP contribution < -0.4 is 24.8 Å². The van der Waals surface area contributed by atoms with Crippen LogP contribution in [-0.2, 0) is 31.4 Å². The molecule has 0 aliphatic carbocycles. The van der Waals surface area contributed by atoms with Crippen LogP contribution in [0.25, 0.3) is 0 Å². The minimum atomic E-state index is -3.17. The Morgan fingerprint density at radius 2 is 0.818 bits per heavy atom. The van der Waals surface area contributed by atoms with Gasteiger partial charge in [-0.3, -0.25) is 0 Å². The summed E-state index contributed by atoms with van der Waals surface area (Å²) in [5, 5.41) is 0. The SMILES string of the molecule is C[O][Ti+2]([O]C)([O]C)[O]C.[Cl-].[Cl-]. The van der Waals surface area contributed by atoms with Crippen LogP contribution >= 0.6 is 0 Å². The van der Waals surface area contributed by atoms with Gasteiger partial charge in [0.05, 0.1) is 0 Å².